The molecule has 0 saturated heterocycles. The number of ether oxygens (including phenoxy) is 1. The van der Waals surface area contributed by atoms with E-state index in [2.05, 4.69) is 10.6 Å². The second-order valence-corrected chi connectivity index (χ2v) is 8.06. The number of benzene rings is 3. The maximum Gasteiger partial charge on any atom is 0.283 e. The number of hydrogen-bond donors (Lipinski definition) is 2. The first kappa shape index (κ1) is 23.1. The maximum absolute atomic E-state index is 13.2. The number of amides is 3. The molecule has 7 nitrogen and oxygen atoms in total. The number of methoxy groups -OCH3 is 1. The van der Waals surface area contributed by atoms with Gasteiger partial charge in [0, 0.05) is 17.8 Å². The fourth-order valence-corrected chi connectivity index (χ4v) is 3.78. The van der Waals surface area contributed by atoms with Crippen LogP contribution in [0.4, 0.5) is 11.4 Å². The predicted molar refractivity (Wildman–Crippen MR) is 131 cm³/mol. The Morgan fingerprint density at radius 2 is 1.74 bits per heavy atom. The zero-order valence-corrected chi connectivity index (χ0v) is 19.3. The molecule has 0 aliphatic carbocycles. The summed E-state index contributed by atoms with van der Waals surface area (Å²) in [5, 5.41) is 5.52. The van der Waals surface area contributed by atoms with Crippen LogP contribution in [-0.4, -0.2) is 24.8 Å². The average molecular weight is 476 g/mol. The number of hydrogen-bond acceptors (Lipinski definition) is 5. The molecule has 172 valence electrons. The Morgan fingerprint density at radius 1 is 0.971 bits per heavy atom. The van der Waals surface area contributed by atoms with E-state index in [1.165, 1.54) is 7.11 Å². The molecule has 2 N–H and O–H groups in total. The first-order valence-electron chi connectivity index (χ1n) is 10.5. The minimum absolute atomic E-state index is 0.0722. The van der Waals surface area contributed by atoms with E-state index in [1.54, 1.807) is 36.4 Å². The van der Waals surface area contributed by atoms with Crippen LogP contribution in [0.15, 0.2) is 83.5 Å². The quantitative estimate of drug-likeness (QED) is 0.495. The van der Waals surface area contributed by atoms with Gasteiger partial charge in [-0.2, -0.15) is 0 Å². The van der Waals surface area contributed by atoms with Crippen LogP contribution in [-0.2, 0) is 16.1 Å². The number of halogens is 1. The van der Waals surface area contributed by atoms with Crippen LogP contribution in [0.1, 0.15) is 21.5 Å². The molecule has 1 heterocycles. The molecular weight excluding hydrogens is 454 g/mol. The fraction of sp³-hybridized carbons (Fsp3) is 0.115. The number of imide groups is 1. The molecule has 1 aliphatic heterocycles. The van der Waals surface area contributed by atoms with E-state index in [9.17, 15) is 14.4 Å². The maximum atomic E-state index is 13.2. The molecule has 1 aliphatic rings. The normalized spacial score (nSPS) is 13.3. The smallest absolute Gasteiger partial charge is 0.283 e. The molecule has 8 heteroatoms. The van der Waals surface area contributed by atoms with Gasteiger partial charge in [-0.1, -0.05) is 54.1 Å². The van der Waals surface area contributed by atoms with E-state index < -0.39 is 11.8 Å². The molecule has 3 aromatic carbocycles. The van der Waals surface area contributed by atoms with Crippen LogP contribution < -0.4 is 20.3 Å². The van der Waals surface area contributed by atoms with Crippen molar-refractivity contribution in [3.05, 3.63) is 100 Å². The van der Waals surface area contributed by atoms with Crippen molar-refractivity contribution in [1.82, 2.24) is 5.32 Å². The van der Waals surface area contributed by atoms with E-state index in [0.717, 1.165) is 16.0 Å². The molecule has 34 heavy (non-hydrogen) atoms. The van der Waals surface area contributed by atoms with Crippen molar-refractivity contribution in [1.29, 1.82) is 0 Å². The highest BCUT2D eigenvalue weighted by Crippen LogP contribution is 2.36. The van der Waals surface area contributed by atoms with E-state index in [4.69, 9.17) is 16.3 Å². The van der Waals surface area contributed by atoms with Gasteiger partial charge in [0.05, 0.1) is 12.8 Å². The first-order valence-corrected chi connectivity index (χ1v) is 10.9. The number of anilines is 2. The largest absolute Gasteiger partial charge is 0.495 e. The van der Waals surface area contributed by atoms with Gasteiger partial charge in [0.25, 0.3) is 17.7 Å². The summed E-state index contributed by atoms with van der Waals surface area (Å²) >= 11 is 6.26. The number of carbonyl (C=O) groups is 3. The van der Waals surface area contributed by atoms with Crippen molar-refractivity contribution in [3.8, 4) is 5.75 Å². The number of nitrogens with one attached hydrogen (secondary N) is 2. The van der Waals surface area contributed by atoms with Crippen molar-refractivity contribution in [3.63, 3.8) is 0 Å². The second kappa shape index (κ2) is 9.80. The lowest BCUT2D eigenvalue weighted by Crippen LogP contribution is -2.32. The van der Waals surface area contributed by atoms with Gasteiger partial charge in [0.15, 0.2) is 0 Å². The van der Waals surface area contributed by atoms with E-state index in [1.807, 2.05) is 43.3 Å². The third kappa shape index (κ3) is 4.65. The van der Waals surface area contributed by atoms with Crippen LogP contribution in [0.5, 0.6) is 5.75 Å². The van der Waals surface area contributed by atoms with Gasteiger partial charge in [0.1, 0.15) is 16.5 Å². The first-order chi connectivity index (χ1) is 16.4. The van der Waals surface area contributed by atoms with Gasteiger partial charge in [-0.3, -0.25) is 14.4 Å². The van der Waals surface area contributed by atoms with Crippen LogP contribution in [0.25, 0.3) is 0 Å². The summed E-state index contributed by atoms with van der Waals surface area (Å²) < 4.78 is 5.32. The second-order valence-electron chi connectivity index (χ2n) is 7.68. The predicted octanol–water partition coefficient (Wildman–Crippen LogP) is 4.37. The van der Waals surface area contributed by atoms with Gasteiger partial charge in [-0.05, 0) is 48.4 Å². The van der Waals surface area contributed by atoms with Crippen molar-refractivity contribution in [2.45, 2.75) is 13.5 Å². The Labute approximate surface area is 202 Å². The summed E-state index contributed by atoms with van der Waals surface area (Å²) in [5.41, 5.74) is 2.90. The summed E-state index contributed by atoms with van der Waals surface area (Å²) in [4.78, 5) is 39.6. The lowest BCUT2D eigenvalue weighted by molar-refractivity contribution is -0.120. The monoisotopic (exact) mass is 475 g/mol. The highest BCUT2D eigenvalue weighted by atomic mass is 35.5. The molecule has 0 unspecified atom stereocenters. The van der Waals surface area contributed by atoms with Crippen molar-refractivity contribution in [2.75, 3.05) is 17.3 Å². The summed E-state index contributed by atoms with van der Waals surface area (Å²) in [7, 11) is 1.46. The SMILES string of the molecule is COc1ccc(C)cc1N1C(=O)C(Cl)=C(Nc2cccc(C(=O)NCc3ccccc3)c2)C1=O. The summed E-state index contributed by atoms with van der Waals surface area (Å²) in [6.07, 6.45) is 0. The summed E-state index contributed by atoms with van der Waals surface area (Å²) in [6.45, 7) is 2.23. The molecule has 0 saturated carbocycles. The lowest BCUT2D eigenvalue weighted by atomic mass is 10.1. The van der Waals surface area contributed by atoms with Gasteiger partial charge >= 0.3 is 0 Å². The summed E-state index contributed by atoms with van der Waals surface area (Å²) in [5.74, 6) is -1.17. The number of aryl methyl sites for hydroxylation is 1. The van der Waals surface area contributed by atoms with Crippen LogP contribution in [0, 0.1) is 6.92 Å². The molecule has 0 spiro atoms. The Bertz CT molecular complexity index is 1300. The van der Waals surface area contributed by atoms with Gasteiger partial charge in [-0.25, -0.2) is 4.90 Å². The molecule has 3 aromatic rings. The number of rotatable bonds is 7. The van der Waals surface area contributed by atoms with E-state index in [-0.39, 0.29) is 16.6 Å². The number of nitrogens with zero attached hydrogens (tertiary/aromatic N) is 1. The Hall–Kier alpha value is -4.10. The van der Waals surface area contributed by atoms with E-state index >= 15 is 0 Å². The van der Waals surface area contributed by atoms with Crippen LogP contribution in [0.3, 0.4) is 0 Å². The minimum atomic E-state index is -0.658. The van der Waals surface area contributed by atoms with Crippen molar-refractivity contribution < 1.29 is 19.1 Å². The van der Waals surface area contributed by atoms with E-state index in [0.29, 0.717) is 29.2 Å². The molecule has 0 bridgehead atoms. The summed E-state index contributed by atoms with van der Waals surface area (Å²) in [6, 6.07) is 21.3. The average Bonchev–Trinajstić information content (AvgIpc) is 3.06. The molecule has 0 fully saturated rings. The number of carbonyl (C=O) groups excluding carboxylic acids is 3. The zero-order chi connectivity index (χ0) is 24.2. The lowest BCUT2D eigenvalue weighted by Gasteiger charge is -2.18. The van der Waals surface area contributed by atoms with Gasteiger partial charge in [0.2, 0.25) is 0 Å². The molecule has 3 amide bonds. The third-order valence-corrected chi connectivity index (χ3v) is 5.64. The standard InChI is InChI=1S/C26H22ClN3O4/c1-16-11-12-21(34-2)20(13-16)30-25(32)22(27)23(26(30)33)29-19-10-6-9-18(14-19)24(31)28-15-17-7-4-3-5-8-17/h3-14,29H,15H2,1-2H3,(H,28,31). The third-order valence-electron chi connectivity index (χ3n) is 5.29. The highest BCUT2D eigenvalue weighted by Gasteiger charge is 2.40. The zero-order valence-electron chi connectivity index (χ0n) is 18.6. The van der Waals surface area contributed by atoms with Crippen molar-refractivity contribution in [2.24, 2.45) is 0 Å². The van der Waals surface area contributed by atoms with Crippen LogP contribution in [0.2, 0.25) is 0 Å². The van der Waals surface area contributed by atoms with Gasteiger partial charge < -0.3 is 15.4 Å². The molecule has 0 radical (unpaired) electrons. The Morgan fingerprint density at radius 3 is 2.47 bits per heavy atom. The van der Waals surface area contributed by atoms with Crippen molar-refractivity contribution >= 4 is 40.7 Å². The molecule has 0 atom stereocenters. The Kier molecular flexibility index (Phi) is 6.65. The minimum Gasteiger partial charge on any atom is -0.495 e. The highest BCUT2D eigenvalue weighted by molar-refractivity contribution is 6.53. The van der Waals surface area contributed by atoms with Crippen LogP contribution >= 0.6 is 11.6 Å². The molecular formula is C26H22ClN3O4. The fourth-order valence-electron chi connectivity index (χ4n) is 3.57. The Balaban J connectivity index is 1.53. The topological polar surface area (TPSA) is 87.7 Å². The molecule has 0 aromatic heterocycles. The van der Waals surface area contributed by atoms with Gasteiger partial charge in [-0.15, -0.1) is 0 Å². The molecule has 4 rings (SSSR count).